The second-order valence-electron chi connectivity index (χ2n) is 7.09. The molecule has 0 aliphatic carbocycles. The van der Waals surface area contributed by atoms with Gasteiger partial charge in [0, 0.05) is 24.7 Å². The number of hydrogen-bond acceptors (Lipinski definition) is 13. The summed E-state index contributed by atoms with van der Waals surface area (Å²) >= 11 is 2.48. The number of nitrogens with one attached hydrogen (secondary N) is 1. The van der Waals surface area contributed by atoms with Crippen molar-refractivity contribution in [3.05, 3.63) is 22.3 Å². The number of aromatic nitrogens is 1. The van der Waals surface area contributed by atoms with Crippen LogP contribution in [0.1, 0.15) is 26.0 Å². The number of β-lactam (4-membered cyclic amide) rings is 1. The van der Waals surface area contributed by atoms with E-state index >= 15 is 0 Å². The molecule has 0 bridgehead atoms. The molecule has 2 amide bonds. The lowest BCUT2D eigenvalue weighted by atomic mass is 10.0. The number of fused-ring (bicyclic) bond motifs is 1. The van der Waals surface area contributed by atoms with E-state index in [9.17, 15) is 19.2 Å². The van der Waals surface area contributed by atoms with Gasteiger partial charge in [-0.15, -0.1) is 23.1 Å². The number of nitrogens with two attached hydrogens (primary N) is 1. The van der Waals surface area contributed by atoms with Crippen molar-refractivity contribution < 1.29 is 38.2 Å². The lowest BCUT2D eigenvalue weighted by Crippen LogP contribution is -2.71. The number of hydrogen-bond donors (Lipinski definition) is 2. The lowest BCUT2D eigenvalue weighted by molar-refractivity contribution is -0.167. The van der Waals surface area contributed by atoms with Gasteiger partial charge in [-0.05, 0) is 12.5 Å². The molecule has 0 radical (unpaired) electrons. The Labute approximate surface area is 209 Å². The van der Waals surface area contributed by atoms with Gasteiger partial charge in [0.1, 0.15) is 29.4 Å². The Hall–Kier alpha value is -3.17. The first-order valence-corrected chi connectivity index (χ1v) is 12.5. The number of nitrogens with zero attached hydrogens (tertiary/aromatic N) is 3. The van der Waals surface area contributed by atoms with E-state index in [-0.39, 0.29) is 41.9 Å². The SMILES string of the molecule is CCON=C(C(=O)NC1C(=O)N2C(C(=O)OCOC(=O)CC)=C(COC)CS[C@@H]12)c1csc(N)n1. The maximum atomic E-state index is 13.0. The van der Waals surface area contributed by atoms with Crippen molar-refractivity contribution in [1.82, 2.24) is 15.2 Å². The molecule has 35 heavy (non-hydrogen) atoms. The number of nitrogen functional groups attached to an aromatic ring is 1. The Balaban J connectivity index is 1.75. The number of carbonyl (C=O) groups is 4. The van der Waals surface area contributed by atoms with Gasteiger partial charge in [-0.25, -0.2) is 9.78 Å². The topological polar surface area (TPSA) is 172 Å². The van der Waals surface area contributed by atoms with Crippen molar-refractivity contribution >= 4 is 57.7 Å². The van der Waals surface area contributed by atoms with Crippen LogP contribution in [0, 0.1) is 0 Å². The predicted molar refractivity (Wildman–Crippen MR) is 126 cm³/mol. The molecule has 2 atom stereocenters. The third-order valence-electron chi connectivity index (χ3n) is 4.81. The summed E-state index contributed by atoms with van der Waals surface area (Å²) in [5.41, 5.74) is 6.30. The summed E-state index contributed by atoms with van der Waals surface area (Å²) in [7, 11) is 1.46. The normalized spacial score (nSPS) is 19.6. The minimum atomic E-state index is -0.930. The highest BCUT2D eigenvalue weighted by Crippen LogP contribution is 2.40. The first-order valence-electron chi connectivity index (χ1n) is 10.5. The summed E-state index contributed by atoms with van der Waals surface area (Å²) in [6, 6.07) is -0.930. The minimum Gasteiger partial charge on any atom is -0.428 e. The average molecular weight is 528 g/mol. The number of oxime groups is 1. The molecule has 0 spiro atoms. The molecule has 3 heterocycles. The van der Waals surface area contributed by atoms with Crippen LogP contribution in [0.15, 0.2) is 21.8 Å². The highest BCUT2D eigenvalue weighted by Gasteiger charge is 2.54. The fourth-order valence-corrected chi connectivity index (χ4v) is 5.09. The summed E-state index contributed by atoms with van der Waals surface area (Å²) < 4.78 is 15.0. The summed E-state index contributed by atoms with van der Waals surface area (Å²) in [6.07, 6.45) is 0.127. The predicted octanol–water partition coefficient (Wildman–Crippen LogP) is 0.220. The van der Waals surface area contributed by atoms with Crippen LogP contribution in [0.5, 0.6) is 0 Å². The molecule has 1 unspecified atom stereocenters. The van der Waals surface area contributed by atoms with Crippen LogP contribution in [-0.2, 0) is 38.2 Å². The summed E-state index contributed by atoms with van der Waals surface area (Å²) in [5, 5.41) is 7.69. The zero-order valence-corrected chi connectivity index (χ0v) is 20.9. The summed E-state index contributed by atoms with van der Waals surface area (Å²) in [5.74, 6) is -2.20. The molecule has 15 heteroatoms. The Morgan fingerprint density at radius 2 is 2.09 bits per heavy atom. The van der Waals surface area contributed by atoms with Gasteiger partial charge in [0.05, 0.1) is 6.61 Å². The molecule has 13 nitrogen and oxygen atoms in total. The van der Waals surface area contributed by atoms with Crippen LogP contribution in [-0.4, -0.2) is 83.6 Å². The maximum absolute atomic E-state index is 13.0. The number of esters is 2. The molecule has 1 fully saturated rings. The number of carbonyl (C=O) groups excluding carboxylic acids is 4. The molecule has 190 valence electrons. The Morgan fingerprint density at radius 3 is 2.71 bits per heavy atom. The molecular weight excluding hydrogens is 502 g/mol. The van der Waals surface area contributed by atoms with Gasteiger partial charge in [0.25, 0.3) is 11.8 Å². The quantitative estimate of drug-likeness (QED) is 0.133. The average Bonchev–Trinajstić information content (AvgIpc) is 3.28. The van der Waals surface area contributed by atoms with E-state index < -0.39 is 42.0 Å². The first-order chi connectivity index (χ1) is 16.8. The van der Waals surface area contributed by atoms with E-state index in [1.54, 1.807) is 19.2 Å². The molecule has 1 aromatic heterocycles. The standard InChI is InChI=1S/C20H25N5O8S2/c1-4-12(26)31-9-32-19(29)15-10(6-30-3)7-34-18-14(17(28)25(15)18)23-16(27)13(24-33-5-2)11-8-35-20(21)22-11/h8,14,18H,4-7,9H2,1-3H3,(H2,21,22)(H,23,27)/t14?,18-/m0/s1. The van der Waals surface area contributed by atoms with E-state index in [2.05, 4.69) is 15.5 Å². The molecule has 0 aromatic carbocycles. The molecule has 3 N–H and O–H groups in total. The molecule has 2 aliphatic rings. The van der Waals surface area contributed by atoms with Crippen molar-refractivity contribution in [2.24, 2.45) is 5.16 Å². The van der Waals surface area contributed by atoms with Crippen molar-refractivity contribution in [3.63, 3.8) is 0 Å². The van der Waals surface area contributed by atoms with E-state index in [1.807, 2.05) is 0 Å². The Kier molecular flexibility index (Phi) is 9.06. The van der Waals surface area contributed by atoms with Gasteiger partial charge in [-0.2, -0.15) is 0 Å². The molecule has 0 saturated carbocycles. The van der Waals surface area contributed by atoms with Gasteiger partial charge < -0.3 is 30.1 Å². The molecular formula is C20H25N5O8S2. The summed E-state index contributed by atoms with van der Waals surface area (Å²) in [6.45, 7) is 3.04. The van der Waals surface area contributed by atoms with Crippen LogP contribution in [0.25, 0.3) is 0 Å². The third-order valence-corrected chi connectivity index (χ3v) is 6.82. The highest BCUT2D eigenvalue weighted by molar-refractivity contribution is 8.00. The van der Waals surface area contributed by atoms with E-state index in [1.165, 1.54) is 23.8 Å². The fourth-order valence-electron chi connectivity index (χ4n) is 3.22. The van der Waals surface area contributed by atoms with Gasteiger partial charge in [-0.1, -0.05) is 12.1 Å². The first kappa shape index (κ1) is 26.4. The smallest absolute Gasteiger partial charge is 0.358 e. The van der Waals surface area contributed by atoms with Crippen molar-refractivity contribution in [3.8, 4) is 0 Å². The lowest BCUT2D eigenvalue weighted by Gasteiger charge is -2.49. The number of ether oxygens (including phenoxy) is 3. The minimum absolute atomic E-state index is 0.00845. The third kappa shape index (κ3) is 5.91. The number of thioether (sulfide) groups is 1. The van der Waals surface area contributed by atoms with Crippen molar-refractivity contribution in [2.45, 2.75) is 31.7 Å². The Bertz CT molecular complexity index is 1060. The number of methoxy groups -OCH3 is 1. The van der Waals surface area contributed by atoms with E-state index in [0.29, 0.717) is 11.3 Å². The zero-order valence-electron chi connectivity index (χ0n) is 19.3. The Morgan fingerprint density at radius 1 is 1.31 bits per heavy atom. The molecule has 2 aliphatic heterocycles. The van der Waals surface area contributed by atoms with Gasteiger partial charge in [0.15, 0.2) is 10.8 Å². The van der Waals surface area contributed by atoms with E-state index in [4.69, 9.17) is 24.8 Å². The number of amides is 2. The van der Waals surface area contributed by atoms with Gasteiger partial charge in [0.2, 0.25) is 6.79 Å². The van der Waals surface area contributed by atoms with Crippen LogP contribution in [0.2, 0.25) is 0 Å². The number of anilines is 1. The van der Waals surface area contributed by atoms with Crippen LogP contribution < -0.4 is 11.1 Å². The molecule has 3 rings (SSSR count). The number of thiazole rings is 1. The van der Waals surface area contributed by atoms with E-state index in [0.717, 1.165) is 11.3 Å². The monoisotopic (exact) mass is 527 g/mol. The molecule has 1 aromatic rings. The number of rotatable bonds is 11. The van der Waals surface area contributed by atoms with Crippen molar-refractivity contribution in [2.75, 3.05) is 38.6 Å². The molecule has 1 saturated heterocycles. The van der Waals surface area contributed by atoms with Crippen molar-refractivity contribution in [1.29, 1.82) is 0 Å². The van der Waals surface area contributed by atoms with Gasteiger partial charge >= 0.3 is 11.9 Å². The summed E-state index contributed by atoms with van der Waals surface area (Å²) in [4.78, 5) is 60.4. The van der Waals surface area contributed by atoms with Crippen LogP contribution >= 0.6 is 23.1 Å². The van der Waals surface area contributed by atoms with Gasteiger partial charge in [-0.3, -0.25) is 19.3 Å². The largest absolute Gasteiger partial charge is 0.428 e. The van der Waals surface area contributed by atoms with Crippen LogP contribution in [0.3, 0.4) is 0 Å². The zero-order chi connectivity index (χ0) is 25.5. The maximum Gasteiger partial charge on any atom is 0.358 e. The van der Waals surface area contributed by atoms with Crippen LogP contribution in [0.4, 0.5) is 5.13 Å². The highest BCUT2D eigenvalue weighted by atomic mass is 32.2. The second-order valence-corrected chi connectivity index (χ2v) is 9.09. The fraction of sp³-hybridized carbons (Fsp3) is 0.500. The second kappa shape index (κ2) is 12.0.